The minimum atomic E-state index is 0.391. The first kappa shape index (κ1) is 9.95. The first-order valence-electron chi connectivity index (χ1n) is 6.02. The molecule has 0 aromatic rings. The van der Waals surface area contributed by atoms with Crippen molar-refractivity contribution in [1.82, 2.24) is 0 Å². The standard InChI is InChI=1S/C13H20O/c1-2-3-4-5-13(14)12-9-10-6-7-11(12)8-10/h6-7,10-12H,2-5,8-9H2,1H3/t10-,11+,12+/m0/s1. The lowest BCUT2D eigenvalue weighted by molar-refractivity contribution is -0.123. The number of allylic oxidation sites excluding steroid dienone is 2. The van der Waals surface area contributed by atoms with E-state index in [0.29, 0.717) is 17.6 Å². The molecule has 1 heteroatoms. The number of rotatable bonds is 5. The number of hydrogen-bond acceptors (Lipinski definition) is 1. The Hall–Kier alpha value is -0.590. The first-order chi connectivity index (χ1) is 6.81. The highest BCUT2D eigenvalue weighted by atomic mass is 16.1. The molecule has 0 amide bonds. The Balaban J connectivity index is 1.79. The SMILES string of the molecule is CCCCCC(=O)[C@@H]1C[C@H]2C=C[C@@H]1C2. The normalized spacial score (nSPS) is 33.9. The van der Waals surface area contributed by atoms with E-state index in [1.54, 1.807) is 0 Å². The van der Waals surface area contributed by atoms with E-state index in [9.17, 15) is 4.79 Å². The average molecular weight is 192 g/mol. The number of hydrogen-bond donors (Lipinski definition) is 0. The van der Waals surface area contributed by atoms with Gasteiger partial charge in [-0.2, -0.15) is 0 Å². The predicted molar refractivity (Wildman–Crippen MR) is 58.0 cm³/mol. The summed E-state index contributed by atoms with van der Waals surface area (Å²) in [4.78, 5) is 11.9. The molecule has 0 spiro atoms. The lowest BCUT2D eigenvalue weighted by Crippen LogP contribution is -2.18. The minimum Gasteiger partial charge on any atom is -0.299 e. The molecule has 2 rings (SSSR count). The number of unbranched alkanes of at least 4 members (excludes halogenated alkanes) is 2. The molecule has 2 aliphatic carbocycles. The van der Waals surface area contributed by atoms with Gasteiger partial charge in [-0.3, -0.25) is 4.79 Å². The van der Waals surface area contributed by atoms with Gasteiger partial charge in [-0.25, -0.2) is 0 Å². The summed E-state index contributed by atoms with van der Waals surface area (Å²) < 4.78 is 0. The molecule has 78 valence electrons. The third-order valence-electron chi connectivity index (χ3n) is 3.72. The average Bonchev–Trinajstić information content (AvgIpc) is 2.79. The zero-order chi connectivity index (χ0) is 9.97. The Kier molecular flexibility index (Phi) is 3.05. The molecule has 2 aliphatic rings. The molecule has 3 atom stereocenters. The van der Waals surface area contributed by atoms with Gasteiger partial charge in [0.25, 0.3) is 0 Å². The predicted octanol–water partition coefficient (Wildman–Crippen LogP) is 3.35. The summed E-state index contributed by atoms with van der Waals surface area (Å²) >= 11 is 0. The molecule has 0 saturated heterocycles. The quantitative estimate of drug-likeness (QED) is 0.482. The van der Waals surface area contributed by atoms with Crippen molar-refractivity contribution in [2.24, 2.45) is 17.8 Å². The van der Waals surface area contributed by atoms with Crippen molar-refractivity contribution in [3.05, 3.63) is 12.2 Å². The molecule has 0 aromatic carbocycles. The van der Waals surface area contributed by atoms with Gasteiger partial charge in [-0.15, -0.1) is 0 Å². The Morgan fingerprint density at radius 3 is 2.71 bits per heavy atom. The van der Waals surface area contributed by atoms with Crippen molar-refractivity contribution in [3.8, 4) is 0 Å². The monoisotopic (exact) mass is 192 g/mol. The molecule has 0 radical (unpaired) electrons. The highest BCUT2D eigenvalue weighted by Gasteiger charge is 2.38. The molecule has 0 aromatic heterocycles. The van der Waals surface area contributed by atoms with Gasteiger partial charge in [-0.1, -0.05) is 31.9 Å². The number of fused-ring (bicyclic) bond motifs is 2. The molecule has 0 N–H and O–H groups in total. The van der Waals surface area contributed by atoms with Gasteiger partial charge in [0.2, 0.25) is 0 Å². The van der Waals surface area contributed by atoms with Gasteiger partial charge in [0, 0.05) is 12.3 Å². The van der Waals surface area contributed by atoms with Gasteiger partial charge in [-0.05, 0) is 31.1 Å². The van der Waals surface area contributed by atoms with E-state index in [0.717, 1.165) is 25.2 Å². The van der Waals surface area contributed by atoms with Crippen molar-refractivity contribution in [2.75, 3.05) is 0 Å². The largest absolute Gasteiger partial charge is 0.299 e. The fraction of sp³-hybridized carbons (Fsp3) is 0.769. The van der Waals surface area contributed by atoms with E-state index in [1.165, 1.54) is 19.3 Å². The van der Waals surface area contributed by atoms with Crippen molar-refractivity contribution in [1.29, 1.82) is 0 Å². The second kappa shape index (κ2) is 4.29. The van der Waals surface area contributed by atoms with Crippen LogP contribution in [0.4, 0.5) is 0 Å². The molecule has 2 bridgehead atoms. The van der Waals surface area contributed by atoms with Crippen LogP contribution in [0.5, 0.6) is 0 Å². The van der Waals surface area contributed by atoms with Crippen LogP contribution < -0.4 is 0 Å². The van der Waals surface area contributed by atoms with Gasteiger partial charge in [0.15, 0.2) is 0 Å². The van der Waals surface area contributed by atoms with E-state index in [2.05, 4.69) is 19.1 Å². The van der Waals surface area contributed by atoms with Gasteiger partial charge in [0.05, 0.1) is 0 Å². The van der Waals surface area contributed by atoms with E-state index in [4.69, 9.17) is 0 Å². The van der Waals surface area contributed by atoms with Crippen LogP contribution in [0.3, 0.4) is 0 Å². The van der Waals surface area contributed by atoms with Crippen molar-refractivity contribution < 1.29 is 4.79 Å². The summed E-state index contributed by atoms with van der Waals surface area (Å²) in [5, 5.41) is 0. The Morgan fingerprint density at radius 2 is 2.14 bits per heavy atom. The molecule has 1 fully saturated rings. The van der Waals surface area contributed by atoms with E-state index in [1.807, 2.05) is 0 Å². The number of Topliss-reactive ketones (excluding diaryl/α,β-unsaturated/α-hetero) is 1. The third kappa shape index (κ3) is 1.92. The lowest BCUT2D eigenvalue weighted by Gasteiger charge is -2.16. The fourth-order valence-electron chi connectivity index (χ4n) is 2.89. The maximum Gasteiger partial charge on any atom is 0.136 e. The van der Waals surface area contributed by atoms with Crippen molar-refractivity contribution >= 4 is 5.78 Å². The van der Waals surface area contributed by atoms with E-state index in [-0.39, 0.29) is 0 Å². The lowest BCUT2D eigenvalue weighted by atomic mass is 9.87. The highest BCUT2D eigenvalue weighted by Crippen LogP contribution is 2.44. The second-order valence-electron chi connectivity index (χ2n) is 4.81. The van der Waals surface area contributed by atoms with Crippen molar-refractivity contribution in [3.63, 3.8) is 0 Å². The zero-order valence-corrected chi connectivity index (χ0v) is 9.04. The topological polar surface area (TPSA) is 17.1 Å². The van der Waals surface area contributed by atoms with Gasteiger partial charge in [0.1, 0.15) is 5.78 Å². The van der Waals surface area contributed by atoms with Crippen LogP contribution in [0.25, 0.3) is 0 Å². The molecule has 0 aliphatic heterocycles. The maximum atomic E-state index is 11.9. The Labute approximate surface area is 86.6 Å². The summed E-state index contributed by atoms with van der Waals surface area (Å²) in [7, 11) is 0. The van der Waals surface area contributed by atoms with Gasteiger partial charge >= 0.3 is 0 Å². The summed E-state index contributed by atoms with van der Waals surface area (Å²) in [6, 6.07) is 0. The first-order valence-corrected chi connectivity index (χ1v) is 6.02. The smallest absolute Gasteiger partial charge is 0.136 e. The minimum absolute atomic E-state index is 0.391. The molecule has 1 nitrogen and oxygen atoms in total. The van der Waals surface area contributed by atoms with Crippen LogP contribution >= 0.6 is 0 Å². The van der Waals surface area contributed by atoms with Crippen LogP contribution in [0.2, 0.25) is 0 Å². The summed E-state index contributed by atoms with van der Waals surface area (Å²) in [6.45, 7) is 2.19. The van der Waals surface area contributed by atoms with Crippen LogP contribution in [-0.4, -0.2) is 5.78 Å². The Bertz CT molecular complexity index is 242. The Morgan fingerprint density at radius 1 is 1.29 bits per heavy atom. The second-order valence-corrected chi connectivity index (χ2v) is 4.81. The molecular formula is C13H20O. The van der Waals surface area contributed by atoms with Crippen molar-refractivity contribution in [2.45, 2.75) is 45.4 Å². The number of carbonyl (C=O) groups excluding carboxylic acids is 1. The van der Waals surface area contributed by atoms with Gasteiger partial charge < -0.3 is 0 Å². The van der Waals surface area contributed by atoms with E-state index >= 15 is 0 Å². The zero-order valence-electron chi connectivity index (χ0n) is 9.04. The number of carbonyl (C=O) groups is 1. The number of ketones is 1. The maximum absolute atomic E-state index is 11.9. The highest BCUT2D eigenvalue weighted by molar-refractivity contribution is 5.82. The van der Waals surface area contributed by atoms with Crippen LogP contribution in [-0.2, 0) is 4.79 Å². The molecular weight excluding hydrogens is 172 g/mol. The van der Waals surface area contributed by atoms with Crippen LogP contribution in [0.15, 0.2) is 12.2 Å². The fourth-order valence-corrected chi connectivity index (χ4v) is 2.89. The molecule has 0 heterocycles. The van der Waals surface area contributed by atoms with Crippen LogP contribution in [0.1, 0.15) is 45.4 Å². The van der Waals surface area contributed by atoms with Crippen LogP contribution in [0, 0.1) is 17.8 Å². The van der Waals surface area contributed by atoms with E-state index < -0.39 is 0 Å². The molecule has 0 unspecified atom stereocenters. The summed E-state index contributed by atoms with van der Waals surface area (Å²) in [5.74, 6) is 2.27. The summed E-state index contributed by atoms with van der Waals surface area (Å²) in [6.07, 6.45) is 11.3. The molecule has 14 heavy (non-hydrogen) atoms. The summed E-state index contributed by atoms with van der Waals surface area (Å²) in [5.41, 5.74) is 0. The molecule has 1 saturated carbocycles. The third-order valence-corrected chi connectivity index (χ3v) is 3.72.